The molecule has 4 nitrogen and oxygen atoms in total. The normalized spacial score (nSPS) is 25.1. The van der Waals surface area contributed by atoms with E-state index in [1.54, 1.807) is 6.08 Å². The van der Waals surface area contributed by atoms with Gasteiger partial charge in [0.05, 0.1) is 19.3 Å². The molecular formula is C21H25NO3. The van der Waals surface area contributed by atoms with E-state index < -0.39 is 12.2 Å². The molecule has 0 saturated carbocycles. The molecule has 0 saturated heterocycles. The summed E-state index contributed by atoms with van der Waals surface area (Å²) in [6.45, 7) is 2.29. The molecule has 2 N–H and O–H groups in total. The third-order valence-electron chi connectivity index (χ3n) is 4.24. The molecule has 3 atom stereocenters. The fraction of sp³-hybridized carbons (Fsp3) is 0.333. The zero-order valence-electron chi connectivity index (χ0n) is 14.3. The molecule has 2 aromatic rings. The Hall–Kier alpha value is -1.98. The van der Waals surface area contributed by atoms with Gasteiger partial charge in [0, 0.05) is 13.1 Å². The molecule has 25 heavy (non-hydrogen) atoms. The van der Waals surface area contributed by atoms with Crippen LogP contribution in [0.5, 0.6) is 0 Å². The third-order valence-corrected chi connectivity index (χ3v) is 4.24. The van der Waals surface area contributed by atoms with Crippen LogP contribution in [0, 0.1) is 0 Å². The summed E-state index contributed by atoms with van der Waals surface area (Å²) in [7, 11) is 0. The minimum absolute atomic E-state index is 0.233. The molecule has 0 amide bonds. The van der Waals surface area contributed by atoms with Crippen LogP contribution in [0.15, 0.2) is 72.8 Å². The molecule has 1 aliphatic rings. The van der Waals surface area contributed by atoms with Crippen molar-refractivity contribution in [2.75, 3.05) is 13.1 Å². The number of hydrogen-bond donors (Lipinski definition) is 2. The molecule has 0 spiro atoms. The minimum atomic E-state index is -0.688. The quantitative estimate of drug-likeness (QED) is 0.795. The zero-order valence-corrected chi connectivity index (χ0v) is 14.3. The number of ether oxygens (including phenoxy) is 2. The van der Waals surface area contributed by atoms with Gasteiger partial charge in [-0.15, -0.1) is 0 Å². The van der Waals surface area contributed by atoms with Crippen LogP contribution in [-0.2, 0) is 22.7 Å². The first kappa shape index (κ1) is 17.8. The molecule has 0 aliphatic carbocycles. The van der Waals surface area contributed by atoms with Crippen molar-refractivity contribution >= 4 is 0 Å². The maximum atomic E-state index is 10.5. The molecule has 2 aromatic carbocycles. The van der Waals surface area contributed by atoms with Crippen molar-refractivity contribution in [3.8, 4) is 0 Å². The van der Waals surface area contributed by atoms with Crippen molar-refractivity contribution in [1.29, 1.82) is 0 Å². The van der Waals surface area contributed by atoms with E-state index in [-0.39, 0.29) is 6.10 Å². The van der Waals surface area contributed by atoms with Crippen LogP contribution in [-0.4, -0.2) is 36.5 Å². The predicted octanol–water partition coefficient (Wildman–Crippen LogP) is 2.68. The number of aliphatic hydroxyl groups is 1. The van der Waals surface area contributed by atoms with Gasteiger partial charge in [-0.3, -0.25) is 0 Å². The molecular weight excluding hydrogens is 314 g/mol. The smallest absolute Gasteiger partial charge is 0.115 e. The fourth-order valence-electron chi connectivity index (χ4n) is 2.87. The Kier molecular flexibility index (Phi) is 6.77. The molecule has 4 heteroatoms. The Morgan fingerprint density at radius 1 is 0.880 bits per heavy atom. The van der Waals surface area contributed by atoms with Gasteiger partial charge in [0.15, 0.2) is 0 Å². The summed E-state index contributed by atoms with van der Waals surface area (Å²) in [4.78, 5) is 0. The van der Waals surface area contributed by atoms with Gasteiger partial charge < -0.3 is 19.9 Å². The van der Waals surface area contributed by atoms with E-state index in [0.29, 0.717) is 26.3 Å². The SMILES string of the molecule is O[C@@H]1/C=C\CNC[C@H](OCc2ccccc2)[C@H]1OCc1ccccc1. The Bertz CT molecular complexity index is 645. The average Bonchev–Trinajstić information content (AvgIpc) is 2.65. The van der Waals surface area contributed by atoms with E-state index in [1.165, 1.54) is 0 Å². The highest BCUT2D eigenvalue weighted by molar-refractivity contribution is 5.14. The van der Waals surface area contributed by atoms with E-state index in [2.05, 4.69) is 5.32 Å². The largest absolute Gasteiger partial charge is 0.386 e. The first-order valence-electron chi connectivity index (χ1n) is 8.69. The van der Waals surface area contributed by atoms with Crippen LogP contribution in [0.3, 0.4) is 0 Å². The van der Waals surface area contributed by atoms with Crippen molar-refractivity contribution in [3.05, 3.63) is 83.9 Å². The Labute approximate surface area is 149 Å². The molecule has 3 rings (SSSR count). The van der Waals surface area contributed by atoms with Gasteiger partial charge in [-0.1, -0.05) is 72.8 Å². The molecule has 0 aromatic heterocycles. The summed E-state index contributed by atoms with van der Waals surface area (Å²) in [5, 5.41) is 13.8. The summed E-state index contributed by atoms with van der Waals surface area (Å²) in [5.41, 5.74) is 2.19. The fourth-order valence-corrected chi connectivity index (χ4v) is 2.87. The highest BCUT2D eigenvalue weighted by Gasteiger charge is 2.29. The van der Waals surface area contributed by atoms with Crippen molar-refractivity contribution in [2.45, 2.75) is 31.5 Å². The monoisotopic (exact) mass is 339 g/mol. The third kappa shape index (κ3) is 5.51. The van der Waals surface area contributed by atoms with E-state index in [0.717, 1.165) is 11.1 Å². The highest BCUT2D eigenvalue weighted by Crippen LogP contribution is 2.16. The lowest BCUT2D eigenvalue weighted by Gasteiger charge is -2.31. The summed E-state index contributed by atoms with van der Waals surface area (Å²) in [6, 6.07) is 20.0. The minimum Gasteiger partial charge on any atom is -0.386 e. The highest BCUT2D eigenvalue weighted by atomic mass is 16.5. The van der Waals surface area contributed by atoms with Gasteiger partial charge >= 0.3 is 0 Å². The molecule has 132 valence electrons. The average molecular weight is 339 g/mol. The Balaban J connectivity index is 1.66. The molecule has 1 aliphatic heterocycles. The summed E-state index contributed by atoms with van der Waals surface area (Å²) >= 11 is 0. The van der Waals surface area contributed by atoms with Crippen molar-refractivity contribution in [2.24, 2.45) is 0 Å². The van der Waals surface area contributed by atoms with Gasteiger partial charge in [0.1, 0.15) is 12.2 Å². The molecule has 1 heterocycles. The lowest BCUT2D eigenvalue weighted by Crippen LogP contribution is -2.47. The van der Waals surface area contributed by atoms with Crippen LogP contribution in [0.1, 0.15) is 11.1 Å². The van der Waals surface area contributed by atoms with Crippen LogP contribution in [0.4, 0.5) is 0 Å². The second-order valence-electron chi connectivity index (χ2n) is 6.17. The van der Waals surface area contributed by atoms with Crippen LogP contribution in [0.25, 0.3) is 0 Å². The number of aliphatic hydroxyl groups excluding tert-OH is 1. The first-order valence-corrected chi connectivity index (χ1v) is 8.69. The molecule has 0 bridgehead atoms. The maximum Gasteiger partial charge on any atom is 0.115 e. The number of hydrogen-bond acceptors (Lipinski definition) is 4. The van der Waals surface area contributed by atoms with Gasteiger partial charge in [0.2, 0.25) is 0 Å². The van der Waals surface area contributed by atoms with Crippen LogP contribution >= 0.6 is 0 Å². The van der Waals surface area contributed by atoms with Crippen LogP contribution < -0.4 is 5.32 Å². The summed E-state index contributed by atoms with van der Waals surface area (Å²) < 4.78 is 12.1. The standard InChI is InChI=1S/C21H25NO3/c23-19-12-7-13-22-14-20(24-15-17-8-3-1-4-9-17)21(19)25-16-18-10-5-2-6-11-18/h1-12,19-23H,13-16H2/b12-7-/t19-,20+,21+/m1/s1. The Morgan fingerprint density at radius 3 is 2.12 bits per heavy atom. The van der Waals surface area contributed by atoms with Crippen molar-refractivity contribution < 1.29 is 14.6 Å². The lowest BCUT2D eigenvalue weighted by molar-refractivity contribution is -0.120. The maximum absolute atomic E-state index is 10.5. The second-order valence-corrected chi connectivity index (χ2v) is 6.17. The predicted molar refractivity (Wildman–Crippen MR) is 98.1 cm³/mol. The van der Waals surface area contributed by atoms with Gasteiger partial charge in [-0.05, 0) is 11.1 Å². The summed E-state index contributed by atoms with van der Waals surface area (Å²) in [6.07, 6.45) is 2.36. The van der Waals surface area contributed by atoms with E-state index >= 15 is 0 Å². The lowest BCUT2D eigenvalue weighted by atomic mass is 10.0. The van der Waals surface area contributed by atoms with Gasteiger partial charge in [-0.25, -0.2) is 0 Å². The first-order chi connectivity index (χ1) is 12.3. The molecule has 0 radical (unpaired) electrons. The molecule has 0 unspecified atom stereocenters. The number of rotatable bonds is 6. The van der Waals surface area contributed by atoms with Gasteiger partial charge in [0.25, 0.3) is 0 Å². The van der Waals surface area contributed by atoms with E-state index in [9.17, 15) is 5.11 Å². The number of nitrogens with one attached hydrogen (secondary N) is 1. The Morgan fingerprint density at radius 2 is 1.48 bits per heavy atom. The summed E-state index contributed by atoms with van der Waals surface area (Å²) in [5.74, 6) is 0. The van der Waals surface area contributed by atoms with E-state index in [1.807, 2.05) is 66.7 Å². The van der Waals surface area contributed by atoms with Crippen LogP contribution in [0.2, 0.25) is 0 Å². The van der Waals surface area contributed by atoms with Crippen molar-refractivity contribution in [1.82, 2.24) is 5.32 Å². The van der Waals surface area contributed by atoms with Gasteiger partial charge in [-0.2, -0.15) is 0 Å². The van der Waals surface area contributed by atoms with Crippen molar-refractivity contribution in [3.63, 3.8) is 0 Å². The second kappa shape index (κ2) is 9.49. The zero-order chi connectivity index (χ0) is 17.3. The van der Waals surface area contributed by atoms with E-state index in [4.69, 9.17) is 9.47 Å². The topological polar surface area (TPSA) is 50.7 Å². The number of benzene rings is 2. The molecule has 0 fully saturated rings.